The number of hydrogen-bond acceptors (Lipinski definition) is 3. The Balaban J connectivity index is 1.49. The molecule has 112 valence electrons. The van der Waals surface area contributed by atoms with E-state index in [1.165, 1.54) is 11.1 Å². The lowest BCUT2D eigenvalue weighted by atomic mass is 10.00. The van der Waals surface area contributed by atoms with Gasteiger partial charge in [0.2, 0.25) is 0 Å². The lowest BCUT2D eigenvalue weighted by Gasteiger charge is -2.28. The van der Waals surface area contributed by atoms with Gasteiger partial charge in [-0.05, 0) is 29.7 Å². The zero-order valence-corrected chi connectivity index (χ0v) is 12.4. The van der Waals surface area contributed by atoms with E-state index in [4.69, 9.17) is 0 Å². The van der Waals surface area contributed by atoms with Gasteiger partial charge in [0, 0.05) is 25.8 Å². The molecule has 5 heteroatoms. The van der Waals surface area contributed by atoms with Crippen LogP contribution in [-0.4, -0.2) is 32.2 Å². The molecule has 0 radical (unpaired) electrons. The van der Waals surface area contributed by atoms with Gasteiger partial charge in [0.15, 0.2) is 5.65 Å². The van der Waals surface area contributed by atoms with Crippen LogP contribution in [0.4, 0.5) is 0 Å². The van der Waals surface area contributed by atoms with E-state index in [1.807, 2.05) is 18.2 Å². The Morgan fingerprint density at radius 3 is 2.68 bits per heavy atom. The van der Waals surface area contributed by atoms with Crippen LogP contribution in [0.2, 0.25) is 0 Å². The predicted molar refractivity (Wildman–Crippen MR) is 84.9 cm³/mol. The van der Waals surface area contributed by atoms with Gasteiger partial charge < -0.3 is 0 Å². The Bertz CT molecular complexity index is 864. The van der Waals surface area contributed by atoms with E-state index in [2.05, 4.69) is 34.3 Å². The van der Waals surface area contributed by atoms with E-state index in [0.29, 0.717) is 12.2 Å². The molecular weight excluding hydrogens is 276 g/mol. The van der Waals surface area contributed by atoms with Crippen LogP contribution in [0.1, 0.15) is 11.1 Å². The van der Waals surface area contributed by atoms with Crippen LogP contribution in [0.3, 0.4) is 0 Å². The summed E-state index contributed by atoms with van der Waals surface area (Å²) in [5.41, 5.74) is 3.49. The van der Waals surface area contributed by atoms with Crippen LogP contribution >= 0.6 is 0 Å². The molecule has 0 saturated carbocycles. The lowest BCUT2D eigenvalue weighted by Crippen LogP contribution is -2.35. The molecule has 3 heterocycles. The number of pyridine rings is 1. The minimum Gasteiger partial charge on any atom is -0.297 e. The third-order valence-corrected chi connectivity index (χ3v) is 4.33. The van der Waals surface area contributed by atoms with E-state index in [9.17, 15) is 4.79 Å². The average Bonchev–Trinajstić information content (AvgIpc) is 2.89. The molecule has 0 unspecified atom stereocenters. The highest BCUT2D eigenvalue weighted by Crippen LogP contribution is 2.18. The van der Waals surface area contributed by atoms with Crippen molar-refractivity contribution in [2.24, 2.45) is 0 Å². The Morgan fingerprint density at radius 2 is 1.82 bits per heavy atom. The summed E-state index contributed by atoms with van der Waals surface area (Å²) in [5.74, 6) is 0. The number of hydrogen-bond donors (Lipinski definition) is 0. The van der Waals surface area contributed by atoms with Crippen LogP contribution in [0, 0.1) is 0 Å². The van der Waals surface area contributed by atoms with Gasteiger partial charge in [-0.25, -0.2) is 9.48 Å². The number of aromatic nitrogens is 3. The monoisotopic (exact) mass is 294 g/mol. The smallest absolute Gasteiger partial charge is 0.297 e. The molecule has 0 N–H and O–H groups in total. The molecule has 0 atom stereocenters. The van der Waals surface area contributed by atoms with Gasteiger partial charge in [-0.1, -0.05) is 30.3 Å². The van der Waals surface area contributed by atoms with Crippen molar-refractivity contribution >= 4 is 5.65 Å². The third-order valence-electron chi connectivity index (χ3n) is 4.33. The summed E-state index contributed by atoms with van der Waals surface area (Å²) in [4.78, 5) is 14.6. The highest BCUT2D eigenvalue weighted by Gasteiger charge is 2.16. The minimum absolute atomic E-state index is 0.0620. The minimum atomic E-state index is -0.0620. The Kier molecular flexibility index (Phi) is 3.27. The molecule has 0 fully saturated rings. The summed E-state index contributed by atoms with van der Waals surface area (Å²) in [5, 5.41) is 4.38. The zero-order chi connectivity index (χ0) is 14.9. The molecule has 0 aliphatic carbocycles. The van der Waals surface area contributed by atoms with Crippen molar-refractivity contribution in [3.63, 3.8) is 0 Å². The summed E-state index contributed by atoms with van der Waals surface area (Å²) in [6, 6.07) is 14.2. The molecule has 22 heavy (non-hydrogen) atoms. The Labute approximate surface area is 128 Å². The first kappa shape index (κ1) is 13.3. The predicted octanol–water partition coefficient (Wildman–Crippen LogP) is 1.55. The second-order valence-electron chi connectivity index (χ2n) is 5.73. The van der Waals surface area contributed by atoms with Crippen molar-refractivity contribution < 1.29 is 0 Å². The van der Waals surface area contributed by atoms with Crippen molar-refractivity contribution in [1.29, 1.82) is 0 Å². The van der Waals surface area contributed by atoms with Crippen molar-refractivity contribution in [2.45, 2.75) is 19.5 Å². The normalized spacial score (nSPS) is 15.1. The number of nitrogens with zero attached hydrogens (tertiary/aromatic N) is 4. The van der Waals surface area contributed by atoms with E-state index >= 15 is 0 Å². The highest BCUT2D eigenvalue weighted by atomic mass is 16.2. The summed E-state index contributed by atoms with van der Waals surface area (Å²) >= 11 is 0. The first-order valence-corrected chi connectivity index (χ1v) is 7.64. The van der Waals surface area contributed by atoms with Crippen molar-refractivity contribution in [2.75, 3.05) is 13.1 Å². The van der Waals surface area contributed by atoms with Crippen molar-refractivity contribution in [3.8, 4) is 0 Å². The fourth-order valence-corrected chi connectivity index (χ4v) is 3.09. The first-order valence-electron chi connectivity index (χ1n) is 7.64. The molecule has 0 bridgehead atoms. The standard InChI is InChI=1S/C17H18N4O/c22-17-20-9-4-3-7-16(20)18-21(17)12-11-19-10-8-14-5-1-2-6-15(14)13-19/h1-7,9H,8,10-13H2. The van der Waals surface area contributed by atoms with Gasteiger partial charge in [0.05, 0.1) is 6.54 Å². The van der Waals surface area contributed by atoms with Crippen LogP contribution in [0.25, 0.3) is 5.65 Å². The summed E-state index contributed by atoms with van der Waals surface area (Å²) < 4.78 is 3.15. The highest BCUT2D eigenvalue weighted by molar-refractivity contribution is 5.35. The SMILES string of the molecule is O=c1n(CCN2CCc3ccccc3C2)nc2ccccn12. The largest absolute Gasteiger partial charge is 0.350 e. The summed E-state index contributed by atoms with van der Waals surface area (Å²) in [6.07, 6.45) is 2.84. The Hall–Kier alpha value is -2.40. The van der Waals surface area contributed by atoms with Crippen LogP contribution < -0.4 is 5.69 Å². The van der Waals surface area contributed by atoms with E-state index in [1.54, 1.807) is 15.3 Å². The third kappa shape index (κ3) is 2.33. The molecule has 0 amide bonds. The van der Waals surface area contributed by atoms with Crippen molar-refractivity contribution in [3.05, 3.63) is 70.3 Å². The van der Waals surface area contributed by atoms with Gasteiger partial charge >= 0.3 is 5.69 Å². The maximum atomic E-state index is 12.2. The first-order chi connectivity index (χ1) is 10.8. The Morgan fingerprint density at radius 1 is 1.00 bits per heavy atom. The molecule has 0 spiro atoms. The van der Waals surface area contributed by atoms with Crippen LogP contribution in [-0.2, 0) is 19.5 Å². The zero-order valence-electron chi connectivity index (χ0n) is 12.4. The molecule has 1 aromatic carbocycles. The number of rotatable bonds is 3. The van der Waals surface area contributed by atoms with Gasteiger partial charge in [-0.3, -0.25) is 9.30 Å². The van der Waals surface area contributed by atoms with E-state index in [-0.39, 0.29) is 5.69 Å². The van der Waals surface area contributed by atoms with E-state index < -0.39 is 0 Å². The van der Waals surface area contributed by atoms with Crippen LogP contribution in [0.15, 0.2) is 53.5 Å². The number of benzene rings is 1. The van der Waals surface area contributed by atoms with Gasteiger partial charge in [-0.15, -0.1) is 5.10 Å². The molecular formula is C17H18N4O. The maximum Gasteiger partial charge on any atom is 0.350 e. The van der Waals surface area contributed by atoms with Gasteiger partial charge in [0.25, 0.3) is 0 Å². The average molecular weight is 294 g/mol. The fourth-order valence-electron chi connectivity index (χ4n) is 3.09. The molecule has 2 aromatic heterocycles. The van der Waals surface area contributed by atoms with Gasteiger partial charge in [0.1, 0.15) is 0 Å². The summed E-state index contributed by atoms with van der Waals surface area (Å²) in [6.45, 7) is 3.47. The topological polar surface area (TPSA) is 42.5 Å². The molecule has 5 nitrogen and oxygen atoms in total. The molecule has 4 rings (SSSR count). The van der Waals surface area contributed by atoms with E-state index in [0.717, 1.165) is 26.1 Å². The van der Waals surface area contributed by atoms with Gasteiger partial charge in [-0.2, -0.15) is 0 Å². The quantitative estimate of drug-likeness (QED) is 0.736. The van der Waals surface area contributed by atoms with Crippen LogP contribution in [0.5, 0.6) is 0 Å². The molecule has 1 aliphatic rings. The molecule has 1 aliphatic heterocycles. The molecule has 3 aromatic rings. The fraction of sp³-hybridized carbons (Fsp3) is 0.294. The number of fused-ring (bicyclic) bond motifs is 2. The summed E-state index contributed by atoms with van der Waals surface area (Å²) in [7, 11) is 0. The lowest BCUT2D eigenvalue weighted by molar-refractivity contribution is 0.239. The van der Waals surface area contributed by atoms with Crippen molar-refractivity contribution in [1.82, 2.24) is 19.1 Å². The maximum absolute atomic E-state index is 12.2. The molecule has 0 saturated heterocycles. The second kappa shape index (κ2) is 5.42. The second-order valence-corrected chi connectivity index (χ2v) is 5.73.